The Morgan fingerprint density at radius 2 is 1.13 bits per heavy atom. The Labute approximate surface area is 307 Å². The highest BCUT2D eigenvalue weighted by atomic mass is 32.2. The molecule has 278 valence electrons. The number of primary amides is 2. The lowest BCUT2D eigenvalue weighted by atomic mass is 10.1. The third-order valence-corrected chi connectivity index (χ3v) is 11.8. The Morgan fingerprint density at radius 3 is 1.57 bits per heavy atom. The predicted molar refractivity (Wildman–Crippen MR) is 201 cm³/mol. The van der Waals surface area contributed by atoms with E-state index in [4.69, 9.17) is 16.2 Å². The first-order chi connectivity index (χ1) is 25.2. The van der Waals surface area contributed by atoms with Crippen molar-refractivity contribution in [3.8, 4) is 5.75 Å². The summed E-state index contributed by atoms with van der Waals surface area (Å²) in [6.45, 7) is 1.80. The first kappa shape index (κ1) is 38.2. The summed E-state index contributed by atoms with van der Waals surface area (Å²) in [6.07, 6.45) is 7.72. The van der Waals surface area contributed by atoms with Crippen LogP contribution in [0.5, 0.6) is 5.75 Å². The minimum atomic E-state index is -4.47. The van der Waals surface area contributed by atoms with Crippen LogP contribution in [-0.4, -0.2) is 77.6 Å². The molecule has 0 unspecified atom stereocenters. The lowest BCUT2D eigenvalue weighted by molar-refractivity contribution is -0.117. The summed E-state index contributed by atoms with van der Waals surface area (Å²) in [5.74, 6) is -1.75. The molecule has 4 aromatic carbocycles. The number of methoxy groups -OCH3 is 1. The topological polar surface area (TPSA) is 206 Å². The minimum absolute atomic E-state index is 0.0178. The van der Waals surface area contributed by atoms with Crippen molar-refractivity contribution >= 4 is 65.6 Å². The van der Waals surface area contributed by atoms with Crippen molar-refractivity contribution in [3.05, 3.63) is 110 Å². The van der Waals surface area contributed by atoms with E-state index in [1.54, 1.807) is 24.3 Å². The molecule has 1 aliphatic heterocycles. The SMILES string of the molecule is CCN1C=CN(CCC(=O)Nc2ccc(S(=O)(=O)N(CC(N)=O)c3ccc(N(CC(N)=O)S(=O)(=O)c4ccc(OC)cc4)c4ccccc34)cc2)C=C1. The van der Waals surface area contributed by atoms with Crippen LogP contribution in [0.2, 0.25) is 0 Å². The number of hydrogen-bond donors (Lipinski definition) is 3. The van der Waals surface area contributed by atoms with Crippen molar-refractivity contribution in [1.29, 1.82) is 0 Å². The molecule has 0 spiro atoms. The maximum atomic E-state index is 14.2. The molecule has 15 nitrogen and oxygen atoms in total. The number of carbonyl (C=O) groups is 3. The van der Waals surface area contributed by atoms with Crippen molar-refractivity contribution in [3.63, 3.8) is 0 Å². The van der Waals surface area contributed by atoms with Gasteiger partial charge in [0, 0.05) is 60.8 Å². The van der Waals surface area contributed by atoms with Gasteiger partial charge in [0.25, 0.3) is 20.0 Å². The molecule has 0 radical (unpaired) electrons. The molecule has 0 atom stereocenters. The van der Waals surface area contributed by atoms with Crippen molar-refractivity contribution in [2.75, 3.05) is 47.2 Å². The second-order valence-corrected chi connectivity index (χ2v) is 15.5. The van der Waals surface area contributed by atoms with Crippen LogP contribution in [0.4, 0.5) is 17.1 Å². The Bertz CT molecular complexity index is 2260. The van der Waals surface area contributed by atoms with Gasteiger partial charge in [-0.3, -0.25) is 23.0 Å². The number of sulfonamides is 2. The highest BCUT2D eigenvalue weighted by Gasteiger charge is 2.32. The molecule has 53 heavy (non-hydrogen) atoms. The number of carbonyl (C=O) groups excluding carboxylic acids is 3. The van der Waals surface area contributed by atoms with Gasteiger partial charge in [0.1, 0.15) is 18.8 Å². The third-order valence-electron chi connectivity index (χ3n) is 8.25. The normalized spacial score (nSPS) is 12.8. The Kier molecular flexibility index (Phi) is 11.6. The lowest BCUT2D eigenvalue weighted by Gasteiger charge is -2.28. The summed E-state index contributed by atoms with van der Waals surface area (Å²) in [5.41, 5.74) is 11.5. The number of fused-ring (bicyclic) bond motifs is 1. The number of rotatable bonds is 16. The summed E-state index contributed by atoms with van der Waals surface area (Å²) >= 11 is 0. The molecule has 0 bridgehead atoms. The number of nitrogens with zero attached hydrogens (tertiary/aromatic N) is 4. The molecule has 17 heteroatoms. The van der Waals surface area contributed by atoms with E-state index in [1.165, 1.54) is 67.8 Å². The summed E-state index contributed by atoms with van der Waals surface area (Å²) in [4.78, 5) is 40.7. The number of ether oxygens (including phenoxy) is 1. The van der Waals surface area contributed by atoms with Crippen LogP contribution in [0, 0.1) is 0 Å². The molecule has 4 aromatic rings. The second-order valence-electron chi connectivity index (χ2n) is 11.8. The van der Waals surface area contributed by atoms with E-state index >= 15 is 0 Å². The zero-order chi connectivity index (χ0) is 38.3. The molecule has 3 amide bonds. The van der Waals surface area contributed by atoms with Crippen LogP contribution >= 0.6 is 0 Å². The van der Waals surface area contributed by atoms with Crippen molar-refractivity contribution < 1.29 is 36.0 Å². The lowest BCUT2D eigenvalue weighted by Crippen LogP contribution is -2.39. The number of hydrogen-bond acceptors (Lipinski definition) is 10. The predicted octanol–water partition coefficient (Wildman–Crippen LogP) is 3.12. The standard InChI is InChI=1S/C36H39N7O8S2/c1-3-40-20-22-41(23-21-40)19-18-36(46)39-26-8-12-28(13-9-26)52(47,48)42(24-34(37)44)32-16-17-33(31-7-5-4-6-30(31)32)43(25-35(38)45)53(49,50)29-14-10-27(51-2)11-15-29/h4-17,20-23H,3,18-19,24-25H2,1-2H3,(H2,37,44)(H2,38,45)(H,39,46). The minimum Gasteiger partial charge on any atom is -0.497 e. The largest absolute Gasteiger partial charge is 0.497 e. The van der Waals surface area contributed by atoms with Gasteiger partial charge in [-0.15, -0.1) is 0 Å². The van der Waals surface area contributed by atoms with Crippen LogP contribution < -0.4 is 30.1 Å². The van der Waals surface area contributed by atoms with Gasteiger partial charge in [0.15, 0.2) is 0 Å². The molecule has 0 aromatic heterocycles. The number of nitrogens with one attached hydrogen (secondary N) is 1. The highest BCUT2D eigenvalue weighted by molar-refractivity contribution is 7.93. The maximum absolute atomic E-state index is 14.2. The van der Waals surface area contributed by atoms with Crippen LogP contribution in [0.1, 0.15) is 13.3 Å². The molecule has 0 fully saturated rings. The Morgan fingerprint density at radius 1 is 0.679 bits per heavy atom. The zero-order valence-electron chi connectivity index (χ0n) is 29.0. The van der Waals surface area contributed by atoms with Gasteiger partial charge >= 0.3 is 0 Å². The molecule has 1 aliphatic rings. The van der Waals surface area contributed by atoms with Crippen LogP contribution in [0.3, 0.4) is 0 Å². The fraction of sp³-hybridized carbons (Fsp3) is 0.194. The van der Waals surface area contributed by atoms with Crippen molar-refractivity contribution in [2.45, 2.75) is 23.1 Å². The molecule has 1 heterocycles. The van der Waals surface area contributed by atoms with Gasteiger partial charge in [0.05, 0.1) is 28.3 Å². The van der Waals surface area contributed by atoms with Crippen molar-refractivity contribution in [2.24, 2.45) is 11.5 Å². The van der Waals surface area contributed by atoms with E-state index in [2.05, 4.69) is 5.32 Å². The average Bonchev–Trinajstić information content (AvgIpc) is 3.15. The number of benzene rings is 4. The highest BCUT2D eigenvalue weighted by Crippen LogP contribution is 2.38. The van der Waals surface area contributed by atoms with E-state index in [0.717, 1.165) is 15.2 Å². The summed E-state index contributed by atoms with van der Waals surface area (Å²) in [7, 11) is -7.42. The molecule has 0 aliphatic carbocycles. The van der Waals surface area contributed by atoms with Crippen LogP contribution in [0.25, 0.3) is 10.8 Å². The smallest absolute Gasteiger partial charge is 0.264 e. The van der Waals surface area contributed by atoms with Gasteiger partial charge in [-0.2, -0.15) is 0 Å². The zero-order valence-corrected chi connectivity index (χ0v) is 30.6. The number of anilines is 3. The van der Waals surface area contributed by atoms with Gasteiger partial charge < -0.3 is 31.3 Å². The first-order valence-electron chi connectivity index (χ1n) is 16.3. The molecule has 5 rings (SSSR count). The van der Waals surface area contributed by atoms with E-state index < -0.39 is 45.0 Å². The fourth-order valence-electron chi connectivity index (χ4n) is 5.55. The van der Waals surface area contributed by atoms with E-state index in [-0.39, 0.29) is 44.3 Å². The molecule has 5 N–H and O–H groups in total. The van der Waals surface area contributed by atoms with Gasteiger partial charge in [-0.05, 0) is 67.6 Å². The molecular weight excluding hydrogens is 723 g/mol. The summed E-state index contributed by atoms with van der Waals surface area (Å²) in [5, 5.41) is 3.23. The third kappa shape index (κ3) is 8.70. The molecular formula is C36H39N7O8S2. The monoisotopic (exact) mass is 761 g/mol. The van der Waals surface area contributed by atoms with Gasteiger partial charge in [-0.25, -0.2) is 16.8 Å². The maximum Gasteiger partial charge on any atom is 0.264 e. The van der Waals surface area contributed by atoms with E-state index in [1.807, 2.05) is 41.5 Å². The van der Waals surface area contributed by atoms with Crippen LogP contribution in [0.15, 0.2) is 120 Å². The molecule has 0 saturated carbocycles. The Hall–Kier alpha value is -6.07. The quantitative estimate of drug-likeness (QED) is 0.152. The Balaban J connectivity index is 1.45. The number of amides is 3. The van der Waals surface area contributed by atoms with Gasteiger partial charge in [0.2, 0.25) is 17.7 Å². The fourth-order valence-corrected chi connectivity index (χ4v) is 8.45. The van der Waals surface area contributed by atoms with E-state index in [0.29, 0.717) is 18.0 Å². The van der Waals surface area contributed by atoms with Crippen molar-refractivity contribution in [1.82, 2.24) is 9.80 Å². The van der Waals surface area contributed by atoms with Crippen LogP contribution in [-0.2, 0) is 34.4 Å². The van der Waals surface area contributed by atoms with E-state index in [9.17, 15) is 31.2 Å². The molecule has 0 saturated heterocycles. The van der Waals surface area contributed by atoms with Gasteiger partial charge in [-0.1, -0.05) is 24.3 Å². The second kappa shape index (κ2) is 16.1. The first-order valence-corrected chi connectivity index (χ1v) is 19.2. The average molecular weight is 762 g/mol. The summed E-state index contributed by atoms with van der Waals surface area (Å²) < 4.78 is 63.0. The number of nitrogens with two attached hydrogens (primary N) is 2. The summed E-state index contributed by atoms with van der Waals surface area (Å²) in [6, 6.07) is 20.0.